The van der Waals surface area contributed by atoms with E-state index in [9.17, 15) is 4.21 Å². The van der Waals surface area contributed by atoms with Gasteiger partial charge in [0.25, 0.3) is 0 Å². The van der Waals surface area contributed by atoms with Crippen molar-refractivity contribution in [2.45, 2.75) is 13.3 Å². The fourth-order valence-electron chi connectivity index (χ4n) is 0.813. The predicted molar refractivity (Wildman–Crippen MR) is 52.7 cm³/mol. The summed E-state index contributed by atoms with van der Waals surface area (Å²) in [6.07, 6.45) is 2.66. The van der Waals surface area contributed by atoms with E-state index in [1.54, 1.807) is 6.26 Å². The Morgan fingerprint density at radius 3 is 2.75 bits per heavy atom. The number of hydrogen-bond acceptors (Lipinski definition) is 3. The summed E-state index contributed by atoms with van der Waals surface area (Å²) in [5.41, 5.74) is 0. The zero-order valence-corrected chi connectivity index (χ0v) is 8.69. The third kappa shape index (κ3) is 8.17. The summed E-state index contributed by atoms with van der Waals surface area (Å²) in [6, 6.07) is 0. The third-order valence-corrected chi connectivity index (χ3v) is 2.45. The van der Waals surface area contributed by atoms with Crippen LogP contribution in [0.1, 0.15) is 13.3 Å². The standard InChI is InChI=1S/C8H19NO2S/c1-8(7-10)6-9-4-3-5-12(2)11/h8-10H,3-7H2,1-2H3. The van der Waals surface area contributed by atoms with Crippen LogP contribution in [-0.2, 0) is 10.8 Å². The first-order valence-corrected chi connectivity index (χ1v) is 6.01. The van der Waals surface area contributed by atoms with Gasteiger partial charge < -0.3 is 10.4 Å². The van der Waals surface area contributed by atoms with Gasteiger partial charge in [0.15, 0.2) is 0 Å². The predicted octanol–water partition coefficient (Wildman–Crippen LogP) is -0.0270. The minimum absolute atomic E-state index is 0.229. The van der Waals surface area contributed by atoms with Crippen LogP contribution < -0.4 is 5.32 Å². The molecule has 3 nitrogen and oxygen atoms in total. The summed E-state index contributed by atoms with van der Waals surface area (Å²) >= 11 is 0. The Hall–Kier alpha value is 0.0700. The van der Waals surface area contributed by atoms with E-state index in [2.05, 4.69) is 5.32 Å². The number of hydrogen-bond donors (Lipinski definition) is 2. The maximum absolute atomic E-state index is 10.6. The second kappa shape index (κ2) is 7.71. The van der Waals surface area contributed by atoms with E-state index in [4.69, 9.17) is 5.11 Å². The van der Waals surface area contributed by atoms with E-state index in [1.165, 1.54) is 0 Å². The third-order valence-electron chi connectivity index (χ3n) is 1.59. The molecule has 0 aliphatic heterocycles. The summed E-state index contributed by atoms with van der Waals surface area (Å²) in [6.45, 7) is 3.95. The lowest BCUT2D eigenvalue weighted by Gasteiger charge is -2.08. The molecule has 0 bridgehead atoms. The minimum atomic E-state index is -0.671. The molecule has 2 unspecified atom stereocenters. The molecule has 0 radical (unpaired) electrons. The van der Waals surface area contributed by atoms with Gasteiger partial charge in [-0.3, -0.25) is 4.21 Å². The lowest BCUT2D eigenvalue weighted by atomic mass is 10.2. The normalized spacial score (nSPS) is 15.9. The zero-order chi connectivity index (χ0) is 9.40. The molecule has 0 aromatic rings. The van der Waals surface area contributed by atoms with Gasteiger partial charge in [-0.05, 0) is 25.4 Å². The number of aliphatic hydroxyl groups excluding tert-OH is 1. The van der Waals surface area contributed by atoms with Gasteiger partial charge in [0.05, 0.1) is 0 Å². The van der Waals surface area contributed by atoms with Crippen molar-refractivity contribution >= 4 is 10.8 Å². The van der Waals surface area contributed by atoms with E-state index in [1.807, 2.05) is 6.92 Å². The van der Waals surface area contributed by atoms with Gasteiger partial charge in [-0.25, -0.2) is 0 Å². The van der Waals surface area contributed by atoms with Crippen LogP contribution in [0.5, 0.6) is 0 Å². The van der Waals surface area contributed by atoms with E-state index in [0.29, 0.717) is 5.92 Å². The molecule has 0 saturated heterocycles. The Morgan fingerprint density at radius 1 is 1.58 bits per heavy atom. The average molecular weight is 193 g/mol. The Bertz CT molecular complexity index is 130. The SMILES string of the molecule is CC(CO)CNCCCS(C)=O. The summed E-state index contributed by atoms with van der Waals surface area (Å²) in [4.78, 5) is 0. The van der Waals surface area contributed by atoms with Gasteiger partial charge in [-0.1, -0.05) is 6.92 Å². The lowest BCUT2D eigenvalue weighted by Crippen LogP contribution is -2.24. The van der Waals surface area contributed by atoms with Crippen LogP contribution in [0.15, 0.2) is 0 Å². The van der Waals surface area contributed by atoms with Gasteiger partial charge >= 0.3 is 0 Å². The Morgan fingerprint density at radius 2 is 2.25 bits per heavy atom. The highest BCUT2D eigenvalue weighted by Crippen LogP contribution is 1.89. The molecule has 74 valence electrons. The summed E-state index contributed by atoms with van der Waals surface area (Å²) < 4.78 is 10.6. The molecule has 0 spiro atoms. The van der Waals surface area contributed by atoms with Crippen molar-refractivity contribution in [2.75, 3.05) is 31.7 Å². The molecule has 0 saturated carbocycles. The molecule has 0 rings (SSSR count). The molecule has 0 aliphatic carbocycles. The molecule has 0 aromatic heterocycles. The first kappa shape index (κ1) is 12.1. The molecule has 0 fully saturated rings. The van der Waals surface area contributed by atoms with Crippen LogP contribution in [0.3, 0.4) is 0 Å². The fraction of sp³-hybridized carbons (Fsp3) is 1.00. The molecule has 2 atom stereocenters. The van der Waals surface area contributed by atoms with Crippen molar-refractivity contribution in [3.8, 4) is 0 Å². The first-order chi connectivity index (χ1) is 5.66. The van der Waals surface area contributed by atoms with Crippen LogP contribution in [0.25, 0.3) is 0 Å². The van der Waals surface area contributed by atoms with Crippen molar-refractivity contribution in [3.63, 3.8) is 0 Å². The van der Waals surface area contributed by atoms with Crippen molar-refractivity contribution in [1.29, 1.82) is 0 Å². The van der Waals surface area contributed by atoms with Gasteiger partial charge in [0.1, 0.15) is 0 Å². The van der Waals surface area contributed by atoms with E-state index >= 15 is 0 Å². The van der Waals surface area contributed by atoms with Crippen LogP contribution in [0.4, 0.5) is 0 Å². The van der Waals surface area contributed by atoms with Gasteiger partial charge in [0, 0.05) is 29.4 Å². The minimum Gasteiger partial charge on any atom is -0.396 e. The average Bonchev–Trinajstić information content (AvgIpc) is 2.03. The van der Waals surface area contributed by atoms with Gasteiger partial charge in [-0.15, -0.1) is 0 Å². The summed E-state index contributed by atoms with van der Waals surface area (Å²) in [7, 11) is -0.671. The molecular formula is C8H19NO2S. The summed E-state index contributed by atoms with van der Waals surface area (Å²) in [5, 5.41) is 11.9. The topological polar surface area (TPSA) is 49.3 Å². The molecule has 2 N–H and O–H groups in total. The molecular weight excluding hydrogens is 174 g/mol. The Kier molecular flexibility index (Phi) is 7.75. The number of aliphatic hydroxyl groups is 1. The first-order valence-electron chi connectivity index (χ1n) is 4.28. The molecule has 0 heterocycles. The second-order valence-corrected chi connectivity index (χ2v) is 4.68. The van der Waals surface area contributed by atoms with E-state index in [0.717, 1.165) is 25.3 Å². The van der Waals surface area contributed by atoms with Crippen LogP contribution in [0, 0.1) is 5.92 Å². The van der Waals surface area contributed by atoms with Gasteiger partial charge in [-0.2, -0.15) is 0 Å². The molecule has 4 heteroatoms. The van der Waals surface area contributed by atoms with Crippen molar-refractivity contribution in [3.05, 3.63) is 0 Å². The maximum atomic E-state index is 10.6. The quantitative estimate of drug-likeness (QED) is 0.558. The molecule has 0 aliphatic rings. The van der Waals surface area contributed by atoms with Crippen molar-refractivity contribution < 1.29 is 9.32 Å². The highest BCUT2D eigenvalue weighted by Gasteiger charge is 1.97. The smallest absolute Gasteiger partial charge is 0.0468 e. The number of rotatable bonds is 7. The van der Waals surface area contributed by atoms with Crippen LogP contribution in [0.2, 0.25) is 0 Å². The zero-order valence-electron chi connectivity index (χ0n) is 7.88. The van der Waals surface area contributed by atoms with Crippen molar-refractivity contribution in [1.82, 2.24) is 5.32 Å². The van der Waals surface area contributed by atoms with Crippen LogP contribution >= 0.6 is 0 Å². The highest BCUT2D eigenvalue weighted by atomic mass is 32.2. The largest absolute Gasteiger partial charge is 0.396 e. The van der Waals surface area contributed by atoms with E-state index < -0.39 is 10.8 Å². The molecule has 0 aromatic carbocycles. The van der Waals surface area contributed by atoms with E-state index in [-0.39, 0.29) is 6.61 Å². The van der Waals surface area contributed by atoms with Crippen molar-refractivity contribution in [2.24, 2.45) is 5.92 Å². The second-order valence-electron chi connectivity index (χ2n) is 3.12. The summed E-state index contributed by atoms with van der Waals surface area (Å²) in [5.74, 6) is 1.08. The molecule has 12 heavy (non-hydrogen) atoms. The monoisotopic (exact) mass is 193 g/mol. The van der Waals surface area contributed by atoms with Gasteiger partial charge in [0.2, 0.25) is 0 Å². The Balaban J connectivity index is 3.05. The lowest BCUT2D eigenvalue weighted by molar-refractivity contribution is 0.234. The van der Waals surface area contributed by atoms with Crippen LogP contribution in [-0.4, -0.2) is 41.0 Å². The fourth-order valence-corrected chi connectivity index (χ4v) is 1.36. The molecule has 0 amide bonds. The maximum Gasteiger partial charge on any atom is 0.0468 e. The number of nitrogens with one attached hydrogen (secondary N) is 1. The Labute approximate surface area is 77.0 Å². The highest BCUT2D eigenvalue weighted by molar-refractivity contribution is 7.84.